The van der Waals surface area contributed by atoms with E-state index in [-0.39, 0.29) is 5.69 Å². The highest BCUT2D eigenvalue weighted by atomic mass is 79.9. The quantitative estimate of drug-likeness (QED) is 0.408. The van der Waals surface area contributed by atoms with Gasteiger partial charge < -0.3 is 9.72 Å². The third-order valence-electron chi connectivity index (χ3n) is 2.62. The number of fused-ring (bicyclic) bond motifs is 1. The second kappa shape index (κ2) is 4.77. The average molecular weight is 313 g/mol. The molecule has 0 unspecified atom stereocenters. The Balaban J connectivity index is 2.75. The van der Waals surface area contributed by atoms with Crippen LogP contribution in [0.25, 0.3) is 10.9 Å². The lowest BCUT2D eigenvalue weighted by Gasteiger charge is -2.01. The second-order valence-electron chi connectivity index (χ2n) is 3.61. The van der Waals surface area contributed by atoms with Crippen molar-refractivity contribution in [2.45, 2.75) is 5.33 Å². The van der Waals surface area contributed by atoms with Crippen molar-refractivity contribution in [3.8, 4) is 0 Å². The van der Waals surface area contributed by atoms with Crippen LogP contribution in [0.3, 0.4) is 0 Å². The number of alkyl halides is 1. The minimum Gasteiger partial charge on any atom is -0.465 e. The first-order valence-corrected chi connectivity index (χ1v) is 6.13. The van der Waals surface area contributed by atoms with Crippen molar-refractivity contribution in [1.29, 1.82) is 0 Å². The smallest absolute Gasteiger partial charge is 0.340 e. The summed E-state index contributed by atoms with van der Waals surface area (Å²) in [6, 6.07) is 2.83. The Morgan fingerprint density at radius 1 is 1.56 bits per heavy atom. The van der Waals surface area contributed by atoms with E-state index in [1.54, 1.807) is 0 Å². The number of ether oxygens (including phenoxy) is 1. The number of H-pyrrole nitrogens is 1. The highest BCUT2D eigenvalue weighted by Gasteiger charge is 2.18. The summed E-state index contributed by atoms with van der Waals surface area (Å²) in [5.41, 5.74) is 1.65. The van der Waals surface area contributed by atoms with Gasteiger partial charge in [0.2, 0.25) is 0 Å². The van der Waals surface area contributed by atoms with Crippen molar-refractivity contribution >= 4 is 38.5 Å². The second-order valence-corrected chi connectivity index (χ2v) is 4.17. The van der Waals surface area contributed by atoms with E-state index < -0.39 is 10.9 Å². The number of aromatic nitrogens is 1. The molecule has 2 rings (SSSR count). The van der Waals surface area contributed by atoms with Crippen molar-refractivity contribution < 1.29 is 14.5 Å². The third kappa shape index (κ3) is 1.97. The van der Waals surface area contributed by atoms with Gasteiger partial charge in [0.05, 0.1) is 23.1 Å². The fourth-order valence-electron chi connectivity index (χ4n) is 1.78. The van der Waals surface area contributed by atoms with Crippen molar-refractivity contribution in [2.75, 3.05) is 7.11 Å². The summed E-state index contributed by atoms with van der Waals surface area (Å²) in [7, 11) is 1.27. The molecule has 0 atom stereocenters. The molecule has 1 heterocycles. The number of nitrogens with one attached hydrogen (secondary N) is 1. The van der Waals surface area contributed by atoms with E-state index in [1.165, 1.54) is 25.4 Å². The molecular formula is C11H9BrN2O4. The molecule has 1 aromatic carbocycles. The standard InChI is InChI=1S/C11H9BrN2O4/c1-18-11(15)9-5-13-10-6(4-12)2-7(14(16)17)3-8(9)10/h2-3,5,13H,4H2,1H3. The van der Waals surface area contributed by atoms with Crippen molar-refractivity contribution in [3.63, 3.8) is 0 Å². The van der Waals surface area contributed by atoms with E-state index in [0.717, 1.165) is 0 Å². The number of nitro benzene ring substituents is 1. The summed E-state index contributed by atoms with van der Waals surface area (Å²) in [5, 5.41) is 11.8. The summed E-state index contributed by atoms with van der Waals surface area (Å²) in [4.78, 5) is 24.8. The number of nitro groups is 1. The van der Waals surface area contributed by atoms with Gasteiger partial charge in [-0.25, -0.2) is 4.79 Å². The number of halogens is 1. The number of hydrogen-bond donors (Lipinski definition) is 1. The van der Waals surface area contributed by atoms with Gasteiger partial charge in [-0.2, -0.15) is 0 Å². The lowest BCUT2D eigenvalue weighted by Crippen LogP contribution is -2.00. The summed E-state index contributed by atoms with van der Waals surface area (Å²) >= 11 is 3.27. The van der Waals surface area contributed by atoms with E-state index in [1.807, 2.05) is 0 Å². The number of benzene rings is 1. The zero-order chi connectivity index (χ0) is 13.3. The van der Waals surface area contributed by atoms with Gasteiger partial charge in [0.15, 0.2) is 0 Å². The molecule has 0 aliphatic carbocycles. The normalized spacial score (nSPS) is 10.6. The monoisotopic (exact) mass is 312 g/mol. The lowest BCUT2D eigenvalue weighted by molar-refractivity contribution is -0.384. The number of esters is 1. The third-order valence-corrected chi connectivity index (χ3v) is 3.22. The van der Waals surface area contributed by atoms with Gasteiger partial charge in [-0.15, -0.1) is 0 Å². The van der Waals surface area contributed by atoms with Gasteiger partial charge in [0, 0.05) is 29.0 Å². The fraction of sp³-hybridized carbons (Fsp3) is 0.182. The molecule has 7 heteroatoms. The van der Waals surface area contributed by atoms with Crippen LogP contribution in [0.4, 0.5) is 5.69 Å². The zero-order valence-electron chi connectivity index (χ0n) is 9.40. The predicted octanol–water partition coefficient (Wildman–Crippen LogP) is 2.76. The first-order valence-electron chi connectivity index (χ1n) is 5.01. The van der Waals surface area contributed by atoms with Crippen LogP contribution < -0.4 is 0 Å². The molecule has 1 N–H and O–H groups in total. The maximum atomic E-state index is 11.5. The van der Waals surface area contributed by atoms with Crippen molar-refractivity contribution in [3.05, 3.63) is 39.6 Å². The number of aromatic amines is 1. The Labute approximate surface area is 110 Å². The molecule has 0 fully saturated rings. The number of methoxy groups -OCH3 is 1. The molecule has 0 aliphatic rings. The van der Waals surface area contributed by atoms with E-state index in [0.29, 0.717) is 27.4 Å². The maximum absolute atomic E-state index is 11.5. The van der Waals surface area contributed by atoms with Crippen LogP contribution in [0.5, 0.6) is 0 Å². The van der Waals surface area contributed by atoms with Crippen LogP contribution in [-0.4, -0.2) is 23.0 Å². The number of nitrogens with zero attached hydrogens (tertiary/aromatic N) is 1. The predicted molar refractivity (Wildman–Crippen MR) is 68.9 cm³/mol. The van der Waals surface area contributed by atoms with E-state index in [4.69, 9.17) is 0 Å². The van der Waals surface area contributed by atoms with E-state index >= 15 is 0 Å². The van der Waals surface area contributed by atoms with Gasteiger partial charge in [0.25, 0.3) is 5.69 Å². The molecule has 0 saturated heterocycles. The Kier molecular flexibility index (Phi) is 3.33. The topological polar surface area (TPSA) is 85.2 Å². The highest BCUT2D eigenvalue weighted by molar-refractivity contribution is 9.08. The minimum absolute atomic E-state index is 0.0540. The Morgan fingerprint density at radius 3 is 2.83 bits per heavy atom. The number of non-ortho nitro benzene ring substituents is 1. The van der Waals surface area contributed by atoms with Crippen molar-refractivity contribution in [1.82, 2.24) is 4.98 Å². The molecule has 0 bridgehead atoms. The molecule has 18 heavy (non-hydrogen) atoms. The van der Waals surface area contributed by atoms with Crippen LogP contribution in [0.1, 0.15) is 15.9 Å². The Hall–Kier alpha value is -1.89. The Bertz CT molecular complexity index is 635. The number of rotatable bonds is 3. The van der Waals surface area contributed by atoms with Gasteiger partial charge in [-0.05, 0) is 5.56 Å². The molecule has 1 aromatic heterocycles. The highest BCUT2D eigenvalue weighted by Crippen LogP contribution is 2.29. The fourth-order valence-corrected chi connectivity index (χ4v) is 2.22. The molecule has 6 nitrogen and oxygen atoms in total. The van der Waals surface area contributed by atoms with Crippen LogP contribution in [0.15, 0.2) is 18.3 Å². The number of carbonyl (C=O) groups excluding carboxylic acids is 1. The van der Waals surface area contributed by atoms with E-state index in [2.05, 4.69) is 25.7 Å². The molecule has 0 spiro atoms. The van der Waals surface area contributed by atoms with Gasteiger partial charge in [-0.1, -0.05) is 15.9 Å². The number of carbonyl (C=O) groups is 1. The summed E-state index contributed by atoms with van der Waals surface area (Å²) in [5.74, 6) is -0.526. The molecule has 0 saturated carbocycles. The van der Waals surface area contributed by atoms with Crippen LogP contribution in [0, 0.1) is 10.1 Å². The summed E-state index contributed by atoms with van der Waals surface area (Å²) in [6.45, 7) is 0. The maximum Gasteiger partial charge on any atom is 0.340 e. The van der Waals surface area contributed by atoms with E-state index in [9.17, 15) is 14.9 Å². The molecule has 2 aromatic rings. The molecule has 0 aliphatic heterocycles. The first kappa shape index (κ1) is 12.6. The van der Waals surface area contributed by atoms with Crippen molar-refractivity contribution in [2.24, 2.45) is 0 Å². The van der Waals surface area contributed by atoms with Crippen LogP contribution in [-0.2, 0) is 10.1 Å². The molecular weight excluding hydrogens is 304 g/mol. The molecule has 0 amide bonds. The SMILES string of the molecule is COC(=O)c1c[nH]c2c(CBr)cc([N+](=O)[O-])cc12. The van der Waals surface area contributed by atoms with Gasteiger partial charge >= 0.3 is 5.97 Å². The average Bonchev–Trinajstić information content (AvgIpc) is 2.80. The summed E-state index contributed by atoms with van der Waals surface area (Å²) < 4.78 is 4.64. The van der Waals surface area contributed by atoms with Crippen LogP contribution in [0.2, 0.25) is 0 Å². The lowest BCUT2D eigenvalue weighted by atomic mass is 10.1. The summed E-state index contributed by atoms with van der Waals surface area (Å²) in [6.07, 6.45) is 1.49. The largest absolute Gasteiger partial charge is 0.465 e. The molecule has 0 radical (unpaired) electrons. The molecule has 94 valence electrons. The number of hydrogen-bond acceptors (Lipinski definition) is 4. The van der Waals surface area contributed by atoms with Gasteiger partial charge in [-0.3, -0.25) is 10.1 Å². The van der Waals surface area contributed by atoms with Crippen LogP contribution >= 0.6 is 15.9 Å². The Morgan fingerprint density at radius 2 is 2.28 bits per heavy atom. The van der Waals surface area contributed by atoms with Gasteiger partial charge in [0.1, 0.15) is 0 Å². The first-order chi connectivity index (χ1) is 8.58. The zero-order valence-corrected chi connectivity index (χ0v) is 11.0. The minimum atomic E-state index is -0.526.